The summed E-state index contributed by atoms with van der Waals surface area (Å²) < 4.78 is 1.27. The van der Waals surface area contributed by atoms with Crippen molar-refractivity contribution in [1.82, 2.24) is 14.6 Å². The van der Waals surface area contributed by atoms with Crippen molar-refractivity contribution in [3.8, 4) is 0 Å². The number of nitrogens with zero attached hydrogens (tertiary/aromatic N) is 4. The molecule has 0 unspecified atom stereocenters. The van der Waals surface area contributed by atoms with E-state index in [0.29, 0.717) is 5.39 Å². The zero-order valence-corrected chi connectivity index (χ0v) is 11.1. The van der Waals surface area contributed by atoms with Crippen LogP contribution in [0.3, 0.4) is 0 Å². The molecule has 0 saturated heterocycles. The second kappa shape index (κ2) is 4.29. The summed E-state index contributed by atoms with van der Waals surface area (Å²) in [5.74, 6) is 0. The average Bonchev–Trinajstić information content (AvgIpc) is 2.54. The molecule has 17 heavy (non-hydrogen) atoms. The van der Waals surface area contributed by atoms with Crippen molar-refractivity contribution in [3.05, 3.63) is 27.1 Å². The van der Waals surface area contributed by atoms with Gasteiger partial charge in [-0.15, -0.1) is 11.3 Å². The zero-order chi connectivity index (χ0) is 12.6. The van der Waals surface area contributed by atoms with E-state index in [2.05, 4.69) is 10.1 Å². The third kappa shape index (κ3) is 2.08. The zero-order valence-electron chi connectivity index (χ0n) is 10.3. The maximum absolute atomic E-state index is 12.2. The van der Waals surface area contributed by atoms with E-state index in [0.717, 1.165) is 15.3 Å². The van der Waals surface area contributed by atoms with Gasteiger partial charge in [0.25, 0.3) is 5.56 Å². The van der Waals surface area contributed by atoms with Crippen LogP contribution < -0.4 is 5.56 Å². The average molecular weight is 250 g/mol. The highest BCUT2D eigenvalue weighted by Gasteiger charge is 2.11. The molecule has 6 heteroatoms. The van der Waals surface area contributed by atoms with Gasteiger partial charge in [-0.3, -0.25) is 4.79 Å². The molecule has 2 heterocycles. The topological polar surface area (TPSA) is 50.5 Å². The molecule has 2 aromatic rings. The predicted molar refractivity (Wildman–Crippen MR) is 70.9 cm³/mol. The van der Waals surface area contributed by atoms with Gasteiger partial charge in [0.2, 0.25) is 0 Å². The first kappa shape index (κ1) is 11.8. The third-order valence-electron chi connectivity index (χ3n) is 2.48. The largest absolute Gasteiger partial charge is 0.367 e. The maximum atomic E-state index is 12.2. The highest BCUT2D eigenvalue weighted by molar-refractivity contribution is 7.18. The molecule has 0 saturated carbocycles. The van der Waals surface area contributed by atoms with Crippen LogP contribution in [0.15, 0.2) is 16.2 Å². The Labute approximate surface area is 103 Å². The minimum absolute atomic E-state index is 0.116. The van der Waals surface area contributed by atoms with Gasteiger partial charge in [-0.25, -0.2) is 4.98 Å². The first-order valence-corrected chi connectivity index (χ1v) is 6.00. The number of aryl methyl sites for hydroxylation is 2. The SMILES string of the molecule is Cc1sc2ncn(N=CN(C)C)c(=O)c2c1C. The van der Waals surface area contributed by atoms with Crippen LogP contribution in [-0.4, -0.2) is 35.0 Å². The molecule has 0 aliphatic carbocycles. The van der Waals surface area contributed by atoms with Gasteiger partial charge in [0.05, 0.1) is 5.39 Å². The third-order valence-corrected chi connectivity index (χ3v) is 3.60. The Morgan fingerprint density at radius 3 is 2.82 bits per heavy atom. The second-order valence-electron chi connectivity index (χ2n) is 4.05. The Kier molecular flexibility index (Phi) is 2.97. The van der Waals surface area contributed by atoms with Gasteiger partial charge in [0.15, 0.2) is 0 Å². The summed E-state index contributed by atoms with van der Waals surface area (Å²) >= 11 is 1.54. The molecule has 2 rings (SSSR count). The molecule has 0 fully saturated rings. The van der Waals surface area contributed by atoms with Gasteiger partial charge >= 0.3 is 0 Å². The molecule has 0 radical (unpaired) electrons. The van der Waals surface area contributed by atoms with Crippen molar-refractivity contribution in [3.63, 3.8) is 0 Å². The molecule has 0 atom stereocenters. The molecule has 90 valence electrons. The molecule has 0 aliphatic rings. The summed E-state index contributed by atoms with van der Waals surface area (Å²) in [4.78, 5) is 20.1. The molecule has 0 spiro atoms. The molecule has 0 N–H and O–H groups in total. The van der Waals surface area contributed by atoms with E-state index >= 15 is 0 Å². The van der Waals surface area contributed by atoms with Crippen LogP contribution in [0.5, 0.6) is 0 Å². The molecular formula is C11H14N4OS. The normalized spacial score (nSPS) is 11.5. The van der Waals surface area contributed by atoms with E-state index < -0.39 is 0 Å². The van der Waals surface area contributed by atoms with Crippen LogP contribution >= 0.6 is 11.3 Å². The lowest BCUT2D eigenvalue weighted by atomic mass is 10.2. The van der Waals surface area contributed by atoms with E-state index in [1.165, 1.54) is 22.3 Å². The van der Waals surface area contributed by atoms with E-state index in [-0.39, 0.29) is 5.56 Å². The van der Waals surface area contributed by atoms with E-state index in [1.54, 1.807) is 11.2 Å². The van der Waals surface area contributed by atoms with Crippen LogP contribution in [0, 0.1) is 13.8 Å². The van der Waals surface area contributed by atoms with E-state index in [9.17, 15) is 4.79 Å². The quantitative estimate of drug-likeness (QED) is 0.598. The molecule has 0 amide bonds. The number of aromatic nitrogens is 2. The number of hydrogen-bond donors (Lipinski definition) is 0. The lowest BCUT2D eigenvalue weighted by Gasteiger charge is -2.03. The van der Waals surface area contributed by atoms with Crippen molar-refractivity contribution in [2.75, 3.05) is 14.1 Å². The lowest BCUT2D eigenvalue weighted by molar-refractivity contribution is 0.629. The van der Waals surface area contributed by atoms with Crippen molar-refractivity contribution in [2.45, 2.75) is 13.8 Å². The fourth-order valence-corrected chi connectivity index (χ4v) is 2.45. The summed E-state index contributed by atoms with van der Waals surface area (Å²) in [5.41, 5.74) is 0.881. The standard InChI is InChI=1S/C11H14N4OS/c1-7-8(2)17-10-9(7)11(16)15(5-12-10)13-6-14(3)4/h5-6H,1-4H3. The summed E-state index contributed by atoms with van der Waals surface area (Å²) in [6.07, 6.45) is 3.03. The Morgan fingerprint density at radius 1 is 1.47 bits per heavy atom. The summed E-state index contributed by atoms with van der Waals surface area (Å²) in [5, 5.41) is 4.73. The van der Waals surface area contributed by atoms with Gasteiger partial charge in [-0.1, -0.05) is 0 Å². The van der Waals surface area contributed by atoms with Gasteiger partial charge in [0.1, 0.15) is 17.5 Å². The van der Waals surface area contributed by atoms with Crippen molar-refractivity contribution >= 4 is 27.9 Å². The van der Waals surface area contributed by atoms with E-state index in [1.807, 2.05) is 27.9 Å². The number of fused-ring (bicyclic) bond motifs is 1. The predicted octanol–water partition coefficient (Wildman–Crippen LogP) is 1.43. The molecule has 5 nitrogen and oxygen atoms in total. The summed E-state index contributed by atoms with van der Waals surface area (Å²) in [6, 6.07) is 0. The van der Waals surface area contributed by atoms with Crippen molar-refractivity contribution in [1.29, 1.82) is 0 Å². The Hall–Kier alpha value is -1.69. The smallest absolute Gasteiger partial charge is 0.283 e. The van der Waals surface area contributed by atoms with E-state index in [4.69, 9.17) is 0 Å². The summed E-state index contributed by atoms with van der Waals surface area (Å²) in [7, 11) is 3.70. The number of hydrogen-bond acceptors (Lipinski definition) is 4. The highest BCUT2D eigenvalue weighted by atomic mass is 32.1. The van der Waals surface area contributed by atoms with Gasteiger partial charge < -0.3 is 4.90 Å². The molecule has 0 bridgehead atoms. The Balaban J connectivity index is 2.65. The lowest BCUT2D eigenvalue weighted by Crippen LogP contribution is -2.19. The minimum Gasteiger partial charge on any atom is -0.367 e. The molecule has 0 aromatic carbocycles. The fraction of sp³-hybridized carbons (Fsp3) is 0.364. The van der Waals surface area contributed by atoms with Crippen molar-refractivity contribution < 1.29 is 0 Å². The van der Waals surface area contributed by atoms with Gasteiger partial charge in [-0.2, -0.15) is 9.78 Å². The maximum Gasteiger partial charge on any atom is 0.283 e. The van der Waals surface area contributed by atoms with Crippen LogP contribution in [0.25, 0.3) is 10.2 Å². The first-order valence-electron chi connectivity index (χ1n) is 5.19. The van der Waals surface area contributed by atoms with Crippen molar-refractivity contribution in [2.24, 2.45) is 5.10 Å². The molecule has 0 aliphatic heterocycles. The van der Waals surface area contributed by atoms with Crippen LogP contribution in [0.4, 0.5) is 0 Å². The fourth-order valence-electron chi connectivity index (χ4n) is 1.47. The monoisotopic (exact) mass is 250 g/mol. The first-order chi connectivity index (χ1) is 8.00. The summed E-state index contributed by atoms with van der Waals surface area (Å²) in [6.45, 7) is 3.94. The highest BCUT2D eigenvalue weighted by Crippen LogP contribution is 2.25. The van der Waals surface area contributed by atoms with Gasteiger partial charge in [0, 0.05) is 19.0 Å². The van der Waals surface area contributed by atoms with Crippen LogP contribution in [0.2, 0.25) is 0 Å². The Bertz CT molecular complexity index is 639. The van der Waals surface area contributed by atoms with Gasteiger partial charge in [-0.05, 0) is 19.4 Å². The number of rotatable bonds is 2. The van der Waals surface area contributed by atoms with Crippen LogP contribution in [-0.2, 0) is 0 Å². The molecular weight excluding hydrogens is 236 g/mol. The minimum atomic E-state index is -0.116. The van der Waals surface area contributed by atoms with Crippen LogP contribution in [0.1, 0.15) is 10.4 Å². The Morgan fingerprint density at radius 2 is 2.18 bits per heavy atom. The molecule has 2 aromatic heterocycles. The number of thiophene rings is 1. The second-order valence-corrected chi connectivity index (χ2v) is 5.26.